The van der Waals surface area contributed by atoms with Crippen LogP contribution in [-0.2, 0) is 16.6 Å². The zero-order valence-electron chi connectivity index (χ0n) is 14.6. The third-order valence-electron chi connectivity index (χ3n) is 3.79. The Hall–Kier alpha value is -1.74. The molecule has 0 amide bonds. The average Bonchev–Trinajstić information content (AvgIpc) is 2.59. The molecule has 0 aliphatic rings. The van der Waals surface area contributed by atoms with Gasteiger partial charge in [-0.05, 0) is 53.8 Å². The number of halogens is 1. The molecule has 2 aromatic rings. The molecule has 1 N–H and O–H groups in total. The summed E-state index contributed by atoms with van der Waals surface area (Å²) in [5.74, 6) is -1.17. The van der Waals surface area contributed by atoms with Crippen molar-refractivity contribution in [2.45, 2.75) is 11.4 Å². The molecule has 0 atom stereocenters. The van der Waals surface area contributed by atoms with Crippen LogP contribution in [0.5, 0.6) is 0 Å². The molecule has 26 heavy (non-hydrogen) atoms. The van der Waals surface area contributed by atoms with Gasteiger partial charge < -0.3 is 10.0 Å². The molecule has 2 aromatic carbocycles. The quantitative estimate of drug-likeness (QED) is 0.682. The highest BCUT2D eigenvalue weighted by Gasteiger charge is 2.27. The SMILES string of the molecule is CN(C)CCN(Cc1ccccc1)S(=O)(=O)c1cc(C(=O)O)ccc1Br. The molecular formula is C18H21BrN2O4S. The second-order valence-electron chi connectivity index (χ2n) is 6.08. The Morgan fingerprint density at radius 1 is 1.08 bits per heavy atom. The van der Waals surface area contributed by atoms with Crippen LogP contribution in [0.15, 0.2) is 57.9 Å². The fourth-order valence-electron chi connectivity index (χ4n) is 2.36. The van der Waals surface area contributed by atoms with E-state index in [1.54, 1.807) is 0 Å². The molecule has 8 heteroatoms. The molecule has 0 radical (unpaired) electrons. The molecule has 0 saturated carbocycles. The molecule has 0 bridgehead atoms. The minimum Gasteiger partial charge on any atom is -0.478 e. The number of carbonyl (C=O) groups is 1. The topological polar surface area (TPSA) is 77.9 Å². The summed E-state index contributed by atoms with van der Waals surface area (Å²) in [6.07, 6.45) is 0. The molecule has 0 aromatic heterocycles. The minimum atomic E-state index is -3.89. The summed E-state index contributed by atoms with van der Waals surface area (Å²) in [4.78, 5) is 13.1. The molecule has 0 unspecified atom stereocenters. The number of aromatic carboxylic acids is 1. The van der Waals surface area contributed by atoms with E-state index in [1.807, 2.05) is 49.3 Å². The van der Waals surface area contributed by atoms with Crippen molar-refractivity contribution in [2.24, 2.45) is 0 Å². The summed E-state index contributed by atoms with van der Waals surface area (Å²) in [6, 6.07) is 13.3. The number of likely N-dealkylation sites (N-methyl/N-ethyl adjacent to an activating group) is 1. The second kappa shape index (κ2) is 8.77. The van der Waals surface area contributed by atoms with Gasteiger partial charge in [-0.3, -0.25) is 0 Å². The monoisotopic (exact) mass is 440 g/mol. The lowest BCUT2D eigenvalue weighted by Crippen LogP contribution is -2.36. The zero-order chi connectivity index (χ0) is 19.3. The zero-order valence-corrected chi connectivity index (χ0v) is 17.0. The normalized spacial score (nSPS) is 11.9. The first-order valence-electron chi connectivity index (χ1n) is 7.93. The van der Waals surface area contributed by atoms with Crippen molar-refractivity contribution < 1.29 is 18.3 Å². The Labute approximate surface area is 162 Å². The fraction of sp³-hybridized carbons (Fsp3) is 0.278. The summed E-state index contributed by atoms with van der Waals surface area (Å²) in [5.41, 5.74) is 0.791. The number of hydrogen-bond acceptors (Lipinski definition) is 4. The second-order valence-corrected chi connectivity index (χ2v) is 8.84. The van der Waals surface area contributed by atoms with Crippen LogP contribution in [0.4, 0.5) is 0 Å². The van der Waals surface area contributed by atoms with Crippen molar-refractivity contribution in [1.29, 1.82) is 0 Å². The summed E-state index contributed by atoms with van der Waals surface area (Å²) in [6.45, 7) is 1.04. The summed E-state index contributed by atoms with van der Waals surface area (Å²) in [5, 5.41) is 9.19. The van der Waals surface area contributed by atoms with Crippen molar-refractivity contribution in [3.05, 3.63) is 64.1 Å². The van der Waals surface area contributed by atoms with E-state index in [9.17, 15) is 18.3 Å². The molecule has 0 heterocycles. The Morgan fingerprint density at radius 2 is 1.73 bits per heavy atom. The molecular weight excluding hydrogens is 420 g/mol. The van der Waals surface area contributed by atoms with Gasteiger partial charge in [0.05, 0.1) is 10.5 Å². The van der Waals surface area contributed by atoms with Gasteiger partial charge in [0.25, 0.3) is 0 Å². The Bertz CT molecular complexity index is 870. The van der Waals surface area contributed by atoms with Gasteiger partial charge in [0.1, 0.15) is 0 Å². The van der Waals surface area contributed by atoms with Gasteiger partial charge in [-0.25, -0.2) is 13.2 Å². The summed E-state index contributed by atoms with van der Waals surface area (Å²) in [7, 11) is -0.147. The van der Waals surface area contributed by atoms with Crippen LogP contribution in [0.2, 0.25) is 0 Å². The van der Waals surface area contributed by atoms with Crippen molar-refractivity contribution in [1.82, 2.24) is 9.21 Å². The molecule has 0 aliphatic carbocycles. The van der Waals surface area contributed by atoms with Crippen molar-refractivity contribution in [3.8, 4) is 0 Å². The predicted octanol–water partition coefficient (Wildman–Crippen LogP) is 2.90. The molecule has 2 rings (SSSR count). The number of carboxylic acids is 1. The maximum absolute atomic E-state index is 13.2. The smallest absolute Gasteiger partial charge is 0.335 e. The van der Waals surface area contributed by atoms with Crippen LogP contribution in [-0.4, -0.2) is 55.9 Å². The number of hydrogen-bond donors (Lipinski definition) is 1. The van der Waals surface area contributed by atoms with Crippen molar-refractivity contribution >= 4 is 31.9 Å². The number of nitrogens with zero attached hydrogens (tertiary/aromatic N) is 2. The van der Waals surface area contributed by atoms with Crippen molar-refractivity contribution in [3.63, 3.8) is 0 Å². The van der Waals surface area contributed by atoms with E-state index < -0.39 is 16.0 Å². The van der Waals surface area contributed by atoms with Crippen molar-refractivity contribution in [2.75, 3.05) is 27.2 Å². The van der Waals surface area contributed by atoms with E-state index >= 15 is 0 Å². The molecule has 0 saturated heterocycles. The molecule has 0 aliphatic heterocycles. The maximum atomic E-state index is 13.2. The standard InChI is InChI=1S/C18H21BrN2O4S/c1-20(2)10-11-21(13-14-6-4-3-5-7-14)26(24,25)17-12-15(18(22)23)8-9-16(17)19/h3-9,12H,10-11,13H2,1-2H3,(H,22,23). The molecule has 0 spiro atoms. The van der Waals surface area contributed by atoms with E-state index in [4.69, 9.17) is 0 Å². The van der Waals surface area contributed by atoms with Gasteiger partial charge in [0, 0.05) is 24.1 Å². The Balaban J connectivity index is 2.44. The van der Waals surface area contributed by atoms with Crippen LogP contribution in [0.1, 0.15) is 15.9 Å². The van der Waals surface area contributed by atoms with Crippen LogP contribution in [0.3, 0.4) is 0 Å². The lowest BCUT2D eigenvalue weighted by molar-refractivity contribution is 0.0696. The van der Waals surface area contributed by atoms with E-state index in [-0.39, 0.29) is 23.5 Å². The molecule has 6 nitrogen and oxygen atoms in total. The van der Waals surface area contributed by atoms with E-state index in [0.717, 1.165) is 5.56 Å². The van der Waals surface area contributed by atoms with Crippen LogP contribution in [0, 0.1) is 0 Å². The minimum absolute atomic E-state index is 0.0490. The predicted molar refractivity (Wildman–Crippen MR) is 104 cm³/mol. The average molecular weight is 441 g/mol. The van der Waals surface area contributed by atoms with Gasteiger partial charge >= 0.3 is 5.97 Å². The first kappa shape index (κ1) is 20.6. The molecule has 0 fully saturated rings. The number of sulfonamides is 1. The highest BCUT2D eigenvalue weighted by atomic mass is 79.9. The van der Waals surface area contributed by atoms with E-state index in [1.165, 1.54) is 22.5 Å². The summed E-state index contributed by atoms with van der Waals surface area (Å²) >= 11 is 3.24. The van der Waals surface area contributed by atoms with Gasteiger partial charge in [-0.15, -0.1) is 0 Å². The van der Waals surface area contributed by atoms with Crippen LogP contribution >= 0.6 is 15.9 Å². The highest BCUT2D eigenvalue weighted by Crippen LogP contribution is 2.27. The van der Waals surface area contributed by atoms with Gasteiger partial charge in [-0.1, -0.05) is 30.3 Å². The van der Waals surface area contributed by atoms with Gasteiger partial charge in [0.2, 0.25) is 10.0 Å². The van der Waals surface area contributed by atoms with E-state index in [0.29, 0.717) is 11.0 Å². The van der Waals surface area contributed by atoms with Crippen LogP contribution in [0.25, 0.3) is 0 Å². The highest BCUT2D eigenvalue weighted by molar-refractivity contribution is 9.10. The fourth-order valence-corrected chi connectivity index (χ4v) is 4.73. The largest absolute Gasteiger partial charge is 0.478 e. The third kappa shape index (κ3) is 5.14. The number of rotatable bonds is 8. The van der Waals surface area contributed by atoms with E-state index in [2.05, 4.69) is 15.9 Å². The number of benzene rings is 2. The lowest BCUT2D eigenvalue weighted by atomic mass is 10.2. The summed E-state index contributed by atoms with van der Waals surface area (Å²) < 4.78 is 28.2. The van der Waals surface area contributed by atoms with Gasteiger partial charge in [0.15, 0.2) is 0 Å². The molecule has 140 valence electrons. The first-order valence-corrected chi connectivity index (χ1v) is 10.2. The Morgan fingerprint density at radius 3 is 2.31 bits per heavy atom. The van der Waals surface area contributed by atoms with Gasteiger partial charge in [-0.2, -0.15) is 4.31 Å². The Kier molecular flexibility index (Phi) is 6.94. The van der Waals surface area contributed by atoms with Crippen LogP contribution < -0.4 is 0 Å². The first-order chi connectivity index (χ1) is 12.2. The number of carboxylic acid groups (broad SMARTS) is 1. The maximum Gasteiger partial charge on any atom is 0.335 e. The third-order valence-corrected chi connectivity index (χ3v) is 6.63. The lowest BCUT2D eigenvalue weighted by Gasteiger charge is -2.24.